The molecule has 7 heteroatoms. The van der Waals surface area contributed by atoms with Gasteiger partial charge >= 0.3 is 0 Å². The number of rotatable bonds is 8. The van der Waals surface area contributed by atoms with Gasteiger partial charge in [0.2, 0.25) is 6.39 Å². The number of nitrogens with two attached hydrogens (primary N) is 1. The maximum absolute atomic E-state index is 10.6. The van der Waals surface area contributed by atoms with Gasteiger partial charge in [0.1, 0.15) is 5.75 Å². The second kappa shape index (κ2) is 7.25. The van der Waals surface area contributed by atoms with E-state index >= 15 is 0 Å². The minimum Gasteiger partial charge on any atom is -0.484 e. The molecule has 0 fully saturated rings. The monoisotopic (exact) mass is 276 g/mol. The number of ether oxygens (including phenoxy) is 1. The lowest BCUT2D eigenvalue weighted by molar-refractivity contribution is -0.119. The molecule has 0 unspecified atom stereocenters. The van der Waals surface area contributed by atoms with Gasteiger partial charge in [0.25, 0.3) is 5.91 Å². The van der Waals surface area contributed by atoms with E-state index in [-0.39, 0.29) is 6.61 Å². The van der Waals surface area contributed by atoms with Crippen molar-refractivity contribution in [1.82, 2.24) is 15.5 Å². The van der Waals surface area contributed by atoms with Crippen LogP contribution in [0.15, 0.2) is 35.2 Å². The van der Waals surface area contributed by atoms with Crippen molar-refractivity contribution in [2.45, 2.75) is 13.0 Å². The third-order valence-electron chi connectivity index (χ3n) is 2.57. The lowest BCUT2D eigenvalue weighted by Crippen LogP contribution is -2.20. The lowest BCUT2D eigenvalue weighted by Gasteiger charge is -2.06. The van der Waals surface area contributed by atoms with E-state index in [1.165, 1.54) is 6.39 Å². The molecule has 1 aromatic heterocycles. The maximum atomic E-state index is 10.6. The fourth-order valence-electron chi connectivity index (χ4n) is 1.59. The summed E-state index contributed by atoms with van der Waals surface area (Å²) in [6, 6.07) is 7.47. The minimum atomic E-state index is -0.489. The molecule has 0 atom stereocenters. The van der Waals surface area contributed by atoms with Crippen LogP contribution in [0.1, 0.15) is 11.4 Å². The minimum absolute atomic E-state index is 0.109. The van der Waals surface area contributed by atoms with E-state index in [1.807, 2.05) is 12.1 Å². The second-order valence-electron chi connectivity index (χ2n) is 4.17. The number of nitrogens with one attached hydrogen (secondary N) is 1. The second-order valence-corrected chi connectivity index (χ2v) is 4.17. The van der Waals surface area contributed by atoms with Crippen LogP contribution in [0, 0.1) is 0 Å². The van der Waals surface area contributed by atoms with Crippen molar-refractivity contribution in [3.63, 3.8) is 0 Å². The summed E-state index contributed by atoms with van der Waals surface area (Å²) < 4.78 is 9.82. The third kappa shape index (κ3) is 4.69. The zero-order chi connectivity index (χ0) is 14.2. The van der Waals surface area contributed by atoms with Gasteiger partial charge in [-0.15, -0.1) is 0 Å². The zero-order valence-corrected chi connectivity index (χ0v) is 10.9. The van der Waals surface area contributed by atoms with Gasteiger partial charge in [0, 0.05) is 19.5 Å². The highest BCUT2D eigenvalue weighted by Gasteiger charge is 2.00. The van der Waals surface area contributed by atoms with E-state index in [0.29, 0.717) is 11.6 Å². The van der Waals surface area contributed by atoms with Crippen molar-refractivity contribution >= 4 is 5.91 Å². The first-order chi connectivity index (χ1) is 9.74. The van der Waals surface area contributed by atoms with Crippen molar-refractivity contribution in [3.8, 4) is 5.75 Å². The number of amides is 1. The number of carbonyl (C=O) groups is 1. The summed E-state index contributed by atoms with van der Waals surface area (Å²) in [7, 11) is 0. The predicted octanol–water partition coefficient (Wildman–Crippen LogP) is 0.266. The summed E-state index contributed by atoms with van der Waals surface area (Å²) >= 11 is 0. The molecule has 106 valence electrons. The Bertz CT molecular complexity index is 525. The number of primary amides is 1. The molecule has 0 saturated heterocycles. The number of aromatic nitrogens is 2. The Morgan fingerprint density at radius 2 is 2.15 bits per heavy atom. The molecule has 2 aromatic rings. The molecule has 0 radical (unpaired) electrons. The van der Waals surface area contributed by atoms with E-state index in [0.717, 1.165) is 25.1 Å². The van der Waals surface area contributed by atoms with Crippen LogP contribution in [0.25, 0.3) is 0 Å². The highest BCUT2D eigenvalue weighted by atomic mass is 16.5. The summed E-state index contributed by atoms with van der Waals surface area (Å²) in [4.78, 5) is 14.5. The zero-order valence-electron chi connectivity index (χ0n) is 10.9. The number of hydrogen-bond acceptors (Lipinski definition) is 6. The summed E-state index contributed by atoms with van der Waals surface area (Å²) in [5.74, 6) is 0.823. The molecule has 1 heterocycles. The summed E-state index contributed by atoms with van der Waals surface area (Å²) in [6.45, 7) is 1.38. The van der Waals surface area contributed by atoms with E-state index in [2.05, 4.69) is 20.0 Å². The first-order valence-corrected chi connectivity index (χ1v) is 6.20. The quantitative estimate of drug-likeness (QED) is 0.671. The fraction of sp³-hybridized carbons (Fsp3) is 0.308. The largest absolute Gasteiger partial charge is 0.484 e. The molecule has 0 aliphatic carbocycles. The normalized spacial score (nSPS) is 10.4. The van der Waals surface area contributed by atoms with Gasteiger partial charge in [0.15, 0.2) is 12.4 Å². The topological polar surface area (TPSA) is 103 Å². The van der Waals surface area contributed by atoms with Crippen LogP contribution in [-0.2, 0) is 17.8 Å². The van der Waals surface area contributed by atoms with Gasteiger partial charge in [-0.05, 0) is 17.7 Å². The van der Waals surface area contributed by atoms with E-state index in [9.17, 15) is 4.79 Å². The van der Waals surface area contributed by atoms with Gasteiger partial charge in [-0.1, -0.05) is 17.3 Å². The molecule has 7 nitrogen and oxygen atoms in total. The summed E-state index contributed by atoms with van der Waals surface area (Å²) in [6.07, 6.45) is 2.04. The number of carbonyl (C=O) groups excluding carboxylic acids is 1. The Balaban J connectivity index is 1.69. The highest BCUT2D eigenvalue weighted by molar-refractivity contribution is 5.75. The van der Waals surface area contributed by atoms with E-state index in [1.54, 1.807) is 12.1 Å². The SMILES string of the molecule is NC(=O)COc1ccc(CNCCc2ncon2)cc1. The Hall–Kier alpha value is -2.41. The molecular weight excluding hydrogens is 260 g/mol. The summed E-state index contributed by atoms with van der Waals surface area (Å²) in [5, 5.41) is 7.00. The van der Waals surface area contributed by atoms with Crippen LogP contribution in [-0.4, -0.2) is 29.2 Å². The van der Waals surface area contributed by atoms with Crippen molar-refractivity contribution < 1.29 is 14.1 Å². The average molecular weight is 276 g/mol. The number of hydrogen-bond donors (Lipinski definition) is 2. The Morgan fingerprint density at radius 1 is 1.35 bits per heavy atom. The molecule has 1 amide bonds. The number of benzene rings is 1. The Labute approximate surface area is 116 Å². The average Bonchev–Trinajstić information content (AvgIpc) is 2.96. The Kier molecular flexibility index (Phi) is 5.08. The van der Waals surface area contributed by atoms with Gasteiger partial charge < -0.3 is 20.3 Å². The molecule has 0 saturated carbocycles. The van der Waals surface area contributed by atoms with Crippen LogP contribution < -0.4 is 15.8 Å². The maximum Gasteiger partial charge on any atom is 0.255 e. The Morgan fingerprint density at radius 3 is 2.80 bits per heavy atom. The van der Waals surface area contributed by atoms with Crippen molar-refractivity contribution in [2.75, 3.05) is 13.2 Å². The molecule has 0 aliphatic heterocycles. The van der Waals surface area contributed by atoms with E-state index < -0.39 is 5.91 Å². The third-order valence-corrected chi connectivity index (χ3v) is 2.57. The van der Waals surface area contributed by atoms with Gasteiger partial charge in [-0.3, -0.25) is 4.79 Å². The first kappa shape index (κ1) is 14.0. The molecule has 3 N–H and O–H groups in total. The highest BCUT2D eigenvalue weighted by Crippen LogP contribution is 2.11. The van der Waals surface area contributed by atoms with E-state index in [4.69, 9.17) is 10.5 Å². The molecule has 0 aliphatic rings. The van der Waals surface area contributed by atoms with Crippen molar-refractivity contribution in [2.24, 2.45) is 5.73 Å². The van der Waals surface area contributed by atoms with Crippen molar-refractivity contribution in [3.05, 3.63) is 42.0 Å². The van der Waals surface area contributed by atoms with Crippen LogP contribution >= 0.6 is 0 Å². The van der Waals surface area contributed by atoms with Crippen LogP contribution in [0.5, 0.6) is 5.75 Å². The molecular formula is C13H16N4O3. The van der Waals surface area contributed by atoms with Gasteiger partial charge in [0.05, 0.1) is 0 Å². The van der Waals surface area contributed by atoms with Gasteiger partial charge in [-0.25, -0.2) is 0 Å². The number of nitrogens with zero attached hydrogens (tertiary/aromatic N) is 2. The molecule has 0 spiro atoms. The van der Waals surface area contributed by atoms with Gasteiger partial charge in [-0.2, -0.15) is 4.98 Å². The fourth-order valence-corrected chi connectivity index (χ4v) is 1.59. The van der Waals surface area contributed by atoms with Crippen LogP contribution in [0.2, 0.25) is 0 Å². The van der Waals surface area contributed by atoms with Crippen LogP contribution in [0.4, 0.5) is 0 Å². The first-order valence-electron chi connectivity index (χ1n) is 6.20. The molecule has 2 rings (SSSR count). The smallest absolute Gasteiger partial charge is 0.255 e. The predicted molar refractivity (Wildman–Crippen MR) is 70.8 cm³/mol. The molecule has 20 heavy (non-hydrogen) atoms. The standard InChI is InChI=1S/C13H16N4O3/c14-12(18)8-19-11-3-1-10(2-4-11)7-15-6-5-13-16-9-20-17-13/h1-4,9,15H,5-8H2,(H2,14,18). The van der Waals surface area contributed by atoms with Crippen LogP contribution in [0.3, 0.4) is 0 Å². The molecule has 0 bridgehead atoms. The lowest BCUT2D eigenvalue weighted by atomic mass is 10.2. The summed E-state index contributed by atoms with van der Waals surface area (Å²) in [5.41, 5.74) is 6.12. The molecule has 1 aromatic carbocycles. The van der Waals surface area contributed by atoms with Crippen molar-refractivity contribution in [1.29, 1.82) is 0 Å².